The molecule has 0 spiro atoms. The van der Waals surface area contributed by atoms with Gasteiger partial charge in [-0.3, -0.25) is 4.79 Å². The Kier molecular flexibility index (Phi) is 8.15. The van der Waals surface area contributed by atoms with Gasteiger partial charge >= 0.3 is 10.1 Å². The lowest BCUT2D eigenvalue weighted by Crippen LogP contribution is -2.27. The van der Waals surface area contributed by atoms with Crippen LogP contribution >= 0.6 is 0 Å². The van der Waals surface area contributed by atoms with Gasteiger partial charge in [0.25, 0.3) is 0 Å². The van der Waals surface area contributed by atoms with Gasteiger partial charge in [-0.25, -0.2) is 5.43 Å². The van der Waals surface area contributed by atoms with Gasteiger partial charge in [0.15, 0.2) is 0 Å². The van der Waals surface area contributed by atoms with Crippen LogP contribution < -0.4 is 9.61 Å². The summed E-state index contributed by atoms with van der Waals surface area (Å²) in [5, 5.41) is 4.13. The van der Waals surface area contributed by atoms with Crippen molar-refractivity contribution in [2.45, 2.75) is 31.1 Å². The molecule has 0 heterocycles. The van der Waals surface area contributed by atoms with Gasteiger partial charge in [0, 0.05) is 0 Å². The van der Waals surface area contributed by atoms with Crippen molar-refractivity contribution in [2.24, 2.45) is 5.10 Å². The van der Waals surface area contributed by atoms with E-state index in [1.807, 2.05) is 68.4 Å². The van der Waals surface area contributed by atoms with E-state index in [0.717, 1.165) is 22.3 Å². The van der Waals surface area contributed by atoms with Crippen molar-refractivity contribution in [1.82, 2.24) is 5.43 Å². The molecular formula is C30H28N2O4S. The SMILES string of the molecule is Cc1ccc(S(=O)(=O)Oc2ccc(/C=N\NC(=O)[C@@H](Cc3ccccc3C)c3ccccc3)cc2)cc1. The van der Waals surface area contributed by atoms with Crippen LogP contribution in [0.5, 0.6) is 5.75 Å². The predicted molar refractivity (Wildman–Crippen MR) is 145 cm³/mol. The first-order valence-electron chi connectivity index (χ1n) is 11.9. The third-order valence-corrected chi connectivity index (χ3v) is 7.25. The lowest BCUT2D eigenvalue weighted by molar-refractivity contribution is -0.122. The maximum absolute atomic E-state index is 13.1. The van der Waals surface area contributed by atoms with Gasteiger partial charge in [-0.1, -0.05) is 72.3 Å². The molecule has 0 bridgehead atoms. The minimum atomic E-state index is -3.93. The van der Waals surface area contributed by atoms with Crippen LogP contribution in [0.2, 0.25) is 0 Å². The Labute approximate surface area is 217 Å². The summed E-state index contributed by atoms with van der Waals surface area (Å²) in [6.07, 6.45) is 2.06. The quantitative estimate of drug-likeness (QED) is 0.181. The lowest BCUT2D eigenvalue weighted by Gasteiger charge is -2.17. The maximum atomic E-state index is 13.1. The molecular weight excluding hydrogens is 484 g/mol. The summed E-state index contributed by atoms with van der Waals surface area (Å²) >= 11 is 0. The fourth-order valence-corrected chi connectivity index (χ4v) is 4.77. The number of hydrogen-bond donors (Lipinski definition) is 1. The Balaban J connectivity index is 1.42. The predicted octanol–water partition coefficient (Wildman–Crippen LogP) is 5.55. The number of hydrogen-bond acceptors (Lipinski definition) is 5. The molecule has 7 heteroatoms. The number of amides is 1. The van der Waals surface area contributed by atoms with Crippen LogP contribution in [0, 0.1) is 13.8 Å². The zero-order chi connectivity index (χ0) is 26.3. The number of aryl methyl sites for hydroxylation is 2. The summed E-state index contributed by atoms with van der Waals surface area (Å²) in [5.74, 6) is -0.429. The summed E-state index contributed by atoms with van der Waals surface area (Å²) in [4.78, 5) is 13.2. The monoisotopic (exact) mass is 512 g/mol. The first-order chi connectivity index (χ1) is 17.8. The van der Waals surface area contributed by atoms with Gasteiger partial charge in [0.05, 0.1) is 12.1 Å². The molecule has 37 heavy (non-hydrogen) atoms. The number of nitrogens with zero attached hydrogens (tertiary/aromatic N) is 1. The van der Waals surface area contributed by atoms with Crippen molar-refractivity contribution in [3.8, 4) is 5.75 Å². The molecule has 188 valence electrons. The fourth-order valence-electron chi connectivity index (χ4n) is 3.84. The fraction of sp³-hybridized carbons (Fsp3) is 0.133. The van der Waals surface area contributed by atoms with E-state index in [0.29, 0.717) is 12.0 Å². The van der Waals surface area contributed by atoms with Crippen LogP contribution in [0.25, 0.3) is 0 Å². The average molecular weight is 513 g/mol. The van der Waals surface area contributed by atoms with Crippen molar-refractivity contribution < 1.29 is 17.4 Å². The van der Waals surface area contributed by atoms with E-state index in [1.165, 1.54) is 18.3 Å². The van der Waals surface area contributed by atoms with Crippen molar-refractivity contribution in [2.75, 3.05) is 0 Å². The minimum absolute atomic E-state index is 0.0881. The van der Waals surface area contributed by atoms with E-state index in [9.17, 15) is 13.2 Å². The number of carbonyl (C=O) groups excluding carboxylic acids is 1. The number of benzene rings is 4. The molecule has 0 saturated carbocycles. The van der Waals surface area contributed by atoms with Crippen LogP contribution in [0.4, 0.5) is 0 Å². The molecule has 4 aromatic rings. The lowest BCUT2D eigenvalue weighted by atomic mass is 9.90. The molecule has 0 aromatic heterocycles. The van der Waals surface area contributed by atoms with Crippen molar-refractivity contribution >= 4 is 22.2 Å². The molecule has 1 N–H and O–H groups in total. The second kappa shape index (κ2) is 11.7. The molecule has 4 aromatic carbocycles. The zero-order valence-corrected chi connectivity index (χ0v) is 21.5. The van der Waals surface area contributed by atoms with Crippen LogP contribution in [0.3, 0.4) is 0 Å². The molecule has 1 amide bonds. The Morgan fingerprint density at radius 1 is 0.865 bits per heavy atom. The third kappa shape index (κ3) is 6.92. The van der Waals surface area contributed by atoms with Gasteiger partial charge < -0.3 is 4.18 Å². The highest BCUT2D eigenvalue weighted by molar-refractivity contribution is 7.87. The van der Waals surface area contributed by atoms with Crippen LogP contribution in [-0.2, 0) is 21.3 Å². The number of carbonyl (C=O) groups is 1. The highest BCUT2D eigenvalue weighted by atomic mass is 32.2. The van der Waals surface area contributed by atoms with E-state index < -0.39 is 16.0 Å². The normalized spacial score (nSPS) is 12.3. The topological polar surface area (TPSA) is 84.8 Å². The van der Waals surface area contributed by atoms with Gasteiger partial charge in [-0.05, 0) is 78.9 Å². The third-order valence-electron chi connectivity index (χ3n) is 5.99. The van der Waals surface area contributed by atoms with E-state index in [-0.39, 0.29) is 16.6 Å². The molecule has 0 radical (unpaired) electrons. The standard InChI is InChI=1S/C30H28N2O4S/c1-22-12-18-28(19-13-22)37(34,35)36-27-16-14-24(15-17-27)21-31-32-30(33)29(25-9-4-3-5-10-25)20-26-11-7-6-8-23(26)2/h3-19,21,29H,20H2,1-2H3,(H,32,33)/b31-21-/t29-/m0/s1. The van der Waals surface area contributed by atoms with E-state index in [2.05, 4.69) is 10.5 Å². The van der Waals surface area contributed by atoms with Crippen molar-refractivity contribution in [3.63, 3.8) is 0 Å². The van der Waals surface area contributed by atoms with E-state index >= 15 is 0 Å². The number of hydrazone groups is 1. The Bertz CT molecular complexity index is 1480. The van der Waals surface area contributed by atoms with Crippen molar-refractivity contribution in [1.29, 1.82) is 0 Å². The molecule has 0 aliphatic carbocycles. The van der Waals surface area contributed by atoms with Gasteiger partial charge in [-0.2, -0.15) is 13.5 Å². The Hall–Kier alpha value is -4.23. The molecule has 0 aliphatic heterocycles. The first-order valence-corrected chi connectivity index (χ1v) is 13.3. The van der Waals surface area contributed by atoms with Crippen LogP contribution in [0.15, 0.2) is 113 Å². The summed E-state index contributed by atoms with van der Waals surface area (Å²) in [6.45, 7) is 3.92. The second-order valence-corrected chi connectivity index (χ2v) is 10.3. The second-order valence-electron chi connectivity index (χ2n) is 8.75. The summed E-state index contributed by atoms with van der Waals surface area (Å²) in [6, 6.07) is 30.5. The van der Waals surface area contributed by atoms with E-state index in [1.54, 1.807) is 36.4 Å². The molecule has 0 saturated heterocycles. The van der Waals surface area contributed by atoms with Crippen molar-refractivity contribution in [3.05, 3.63) is 131 Å². The molecule has 4 rings (SSSR count). The minimum Gasteiger partial charge on any atom is -0.379 e. The average Bonchev–Trinajstić information content (AvgIpc) is 2.90. The number of nitrogens with one attached hydrogen (secondary N) is 1. The van der Waals surface area contributed by atoms with Crippen LogP contribution in [-0.4, -0.2) is 20.5 Å². The number of rotatable bonds is 9. The van der Waals surface area contributed by atoms with Gasteiger partial charge in [0.1, 0.15) is 10.6 Å². The maximum Gasteiger partial charge on any atom is 0.339 e. The smallest absolute Gasteiger partial charge is 0.339 e. The first kappa shape index (κ1) is 25.9. The molecule has 0 unspecified atom stereocenters. The molecule has 1 atom stereocenters. The van der Waals surface area contributed by atoms with E-state index in [4.69, 9.17) is 4.18 Å². The largest absolute Gasteiger partial charge is 0.379 e. The summed E-state index contributed by atoms with van der Waals surface area (Å²) in [7, 11) is -3.93. The highest BCUT2D eigenvalue weighted by Gasteiger charge is 2.21. The van der Waals surface area contributed by atoms with Gasteiger partial charge in [-0.15, -0.1) is 0 Å². The molecule has 0 aliphatic rings. The Morgan fingerprint density at radius 2 is 1.51 bits per heavy atom. The Morgan fingerprint density at radius 3 is 2.19 bits per heavy atom. The van der Waals surface area contributed by atoms with Crippen LogP contribution in [0.1, 0.15) is 33.7 Å². The summed E-state index contributed by atoms with van der Waals surface area (Å²) in [5.41, 5.74) is 7.43. The molecule has 0 fully saturated rings. The molecule has 6 nitrogen and oxygen atoms in total. The van der Waals surface area contributed by atoms with Gasteiger partial charge in [0.2, 0.25) is 5.91 Å². The zero-order valence-electron chi connectivity index (χ0n) is 20.7. The summed E-state index contributed by atoms with van der Waals surface area (Å²) < 4.78 is 30.2. The highest BCUT2D eigenvalue weighted by Crippen LogP contribution is 2.23.